The van der Waals surface area contributed by atoms with Gasteiger partial charge in [0.2, 0.25) is 0 Å². The Hall–Kier alpha value is -3.33. The van der Waals surface area contributed by atoms with Crippen LogP contribution in [0.3, 0.4) is 0 Å². The van der Waals surface area contributed by atoms with Crippen LogP contribution in [0, 0.1) is 28.4 Å². The van der Waals surface area contributed by atoms with Gasteiger partial charge >= 0.3 is 0 Å². The number of aromatic nitrogens is 1. The molecule has 0 aliphatic rings. The van der Waals surface area contributed by atoms with Gasteiger partial charge in [0.05, 0.1) is 15.5 Å². The van der Waals surface area contributed by atoms with Crippen molar-refractivity contribution in [3.63, 3.8) is 0 Å². The van der Waals surface area contributed by atoms with Crippen molar-refractivity contribution in [3.05, 3.63) is 44.5 Å². The third kappa shape index (κ3) is 6.84. The van der Waals surface area contributed by atoms with Gasteiger partial charge in [-0.05, 0) is 32.3 Å². The van der Waals surface area contributed by atoms with Crippen molar-refractivity contribution in [3.8, 4) is 6.07 Å². The Kier molecular flexibility index (Phi) is 9.75. The number of azo groups is 1. The second kappa shape index (κ2) is 12.5. The Morgan fingerprint density at radius 2 is 2.09 bits per heavy atom. The molecule has 2 rings (SSSR count). The molecule has 0 bridgehead atoms. The second-order valence-corrected chi connectivity index (χ2v) is 7.13. The number of nitrogens with zero attached hydrogens (tertiary/aromatic N) is 5. The number of hydrogen-bond acceptors (Lipinski definition) is 10. The van der Waals surface area contributed by atoms with E-state index >= 15 is 0 Å². The Labute approximate surface area is 190 Å². The Bertz CT molecular complexity index is 1020. The highest BCUT2D eigenvalue weighted by molar-refractivity contribution is 6.33. The average molecular weight is 462 g/mol. The standard InChI is InChI=1S/C20H24ClN7O4/c1-13-15(12-22)20(24-7-4-10-32-9-3-2-8-29)25-19(23)18(13)27-26-17-6-5-14(28(30)31)11-16(17)21/h5-6,11,29H,2-4,7-10H2,1H3,(H3,23,24,25). The van der Waals surface area contributed by atoms with E-state index in [9.17, 15) is 15.4 Å². The number of nitriles is 1. The van der Waals surface area contributed by atoms with Gasteiger partial charge < -0.3 is 20.9 Å². The Morgan fingerprint density at radius 3 is 2.75 bits per heavy atom. The van der Waals surface area contributed by atoms with Crippen molar-refractivity contribution in [2.24, 2.45) is 10.2 Å². The van der Waals surface area contributed by atoms with Gasteiger partial charge in [-0.15, -0.1) is 10.2 Å². The molecule has 0 aliphatic carbocycles. The zero-order chi connectivity index (χ0) is 23.5. The van der Waals surface area contributed by atoms with Crippen molar-refractivity contribution in [2.45, 2.75) is 26.2 Å². The van der Waals surface area contributed by atoms with Crippen LogP contribution in [0.4, 0.5) is 28.7 Å². The van der Waals surface area contributed by atoms with E-state index in [0.29, 0.717) is 44.0 Å². The minimum Gasteiger partial charge on any atom is -0.396 e. The van der Waals surface area contributed by atoms with Crippen molar-refractivity contribution < 1.29 is 14.8 Å². The lowest BCUT2D eigenvalue weighted by molar-refractivity contribution is -0.384. The van der Waals surface area contributed by atoms with Crippen LogP contribution in [-0.2, 0) is 4.74 Å². The van der Waals surface area contributed by atoms with Gasteiger partial charge in [0.1, 0.15) is 23.3 Å². The number of ether oxygens (including phenoxy) is 1. The molecule has 0 spiro atoms. The van der Waals surface area contributed by atoms with E-state index in [1.165, 1.54) is 18.2 Å². The average Bonchev–Trinajstić information content (AvgIpc) is 2.76. The first-order valence-electron chi connectivity index (χ1n) is 9.87. The van der Waals surface area contributed by atoms with Gasteiger partial charge in [-0.3, -0.25) is 10.1 Å². The van der Waals surface area contributed by atoms with Crippen LogP contribution >= 0.6 is 11.6 Å². The van der Waals surface area contributed by atoms with E-state index in [0.717, 1.165) is 6.42 Å². The van der Waals surface area contributed by atoms with E-state index < -0.39 is 4.92 Å². The summed E-state index contributed by atoms with van der Waals surface area (Å²) in [7, 11) is 0. The highest BCUT2D eigenvalue weighted by Gasteiger charge is 2.16. The molecule has 0 amide bonds. The van der Waals surface area contributed by atoms with Crippen LogP contribution in [0.15, 0.2) is 28.4 Å². The number of aliphatic hydroxyl groups excluding tert-OH is 1. The SMILES string of the molecule is Cc1c(C#N)c(NCCCOCCCCO)nc(N)c1N=Nc1ccc([N+](=O)[O-])cc1Cl. The zero-order valence-corrected chi connectivity index (χ0v) is 18.3. The molecule has 0 atom stereocenters. The van der Waals surface area contributed by atoms with Gasteiger partial charge in [-0.2, -0.15) is 5.26 Å². The van der Waals surface area contributed by atoms with Crippen LogP contribution < -0.4 is 11.1 Å². The maximum Gasteiger partial charge on any atom is 0.271 e. The number of benzene rings is 1. The molecule has 32 heavy (non-hydrogen) atoms. The number of non-ortho nitro benzene ring substituents is 1. The number of nitrogens with two attached hydrogens (primary N) is 1. The number of aliphatic hydroxyl groups is 1. The molecule has 1 heterocycles. The molecule has 2 aromatic rings. The third-order valence-corrected chi connectivity index (χ3v) is 4.71. The first-order chi connectivity index (χ1) is 15.4. The molecule has 1 aromatic carbocycles. The van der Waals surface area contributed by atoms with Crippen LogP contribution in [0.2, 0.25) is 5.02 Å². The van der Waals surface area contributed by atoms with Gasteiger partial charge in [-0.1, -0.05) is 11.6 Å². The van der Waals surface area contributed by atoms with E-state index in [4.69, 9.17) is 27.2 Å². The minimum absolute atomic E-state index is 0.0597. The molecule has 0 unspecified atom stereocenters. The summed E-state index contributed by atoms with van der Waals surface area (Å²) in [5, 5.41) is 40.3. The number of anilines is 2. The predicted octanol–water partition coefficient (Wildman–Crippen LogP) is 4.41. The van der Waals surface area contributed by atoms with E-state index in [2.05, 4.69) is 26.6 Å². The number of hydrogen-bond donors (Lipinski definition) is 3. The van der Waals surface area contributed by atoms with Crippen molar-refractivity contribution in [2.75, 3.05) is 37.4 Å². The molecule has 1 aromatic heterocycles. The molecular formula is C20H24ClN7O4. The summed E-state index contributed by atoms with van der Waals surface area (Å²) in [4.78, 5) is 14.5. The van der Waals surface area contributed by atoms with E-state index in [-0.39, 0.29) is 40.1 Å². The number of unbranched alkanes of at least 4 members (excludes halogenated alkanes) is 1. The van der Waals surface area contributed by atoms with Crippen molar-refractivity contribution >= 4 is 40.3 Å². The summed E-state index contributed by atoms with van der Waals surface area (Å²) in [6.07, 6.45) is 2.22. The first kappa shape index (κ1) is 24.9. The zero-order valence-electron chi connectivity index (χ0n) is 17.5. The van der Waals surface area contributed by atoms with Crippen LogP contribution in [0.25, 0.3) is 0 Å². The third-order valence-electron chi connectivity index (χ3n) is 4.41. The highest BCUT2D eigenvalue weighted by atomic mass is 35.5. The lowest BCUT2D eigenvalue weighted by atomic mass is 10.1. The summed E-state index contributed by atoms with van der Waals surface area (Å²) >= 11 is 6.03. The van der Waals surface area contributed by atoms with Crippen LogP contribution in [-0.4, -0.2) is 41.4 Å². The number of pyridine rings is 1. The molecule has 0 radical (unpaired) electrons. The fourth-order valence-electron chi connectivity index (χ4n) is 2.70. The number of nitro groups is 1. The van der Waals surface area contributed by atoms with Gasteiger partial charge in [-0.25, -0.2) is 4.98 Å². The Morgan fingerprint density at radius 1 is 1.34 bits per heavy atom. The second-order valence-electron chi connectivity index (χ2n) is 6.72. The number of rotatable bonds is 12. The molecular weight excluding hydrogens is 438 g/mol. The predicted molar refractivity (Wildman–Crippen MR) is 121 cm³/mol. The lowest BCUT2D eigenvalue weighted by Gasteiger charge is -2.12. The van der Waals surface area contributed by atoms with E-state index in [1.54, 1.807) is 6.92 Å². The summed E-state index contributed by atoms with van der Waals surface area (Å²) in [5.74, 6) is 0.418. The fraction of sp³-hybridized carbons (Fsp3) is 0.400. The van der Waals surface area contributed by atoms with Gasteiger partial charge in [0, 0.05) is 44.1 Å². The summed E-state index contributed by atoms with van der Waals surface area (Å²) in [6, 6.07) is 5.91. The quantitative estimate of drug-likeness (QED) is 0.180. The van der Waals surface area contributed by atoms with Crippen molar-refractivity contribution in [1.29, 1.82) is 5.26 Å². The normalized spacial score (nSPS) is 10.9. The smallest absolute Gasteiger partial charge is 0.271 e. The monoisotopic (exact) mass is 461 g/mol. The molecule has 0 fully saturated rings. The summed E-state index contributed by atoms with van der Waals surface area (Å²) in [5.41, 5.74) is 7.07. The minimum atomic E-state index is -0.562. The van der Waals surface area contributed by atoms with E-state index in [1.807, 2.05) is 0 Å². The summed E-state index contributed by atoms with van der Waals surface area (Å²) < 4.78 is 5.46. The number of halogens is 1. The molecule has 0 saturated carbocycles. The van der Waals surface area contributed by atoms with Gasteiger partial charge in [0.15, 0.2) is 5.82 Å². The summed E-state index contributed by atoms with van der Waals surface area (Å²) in [6.45, 7) is 3.49. The molecule has 170 valence electrons. The fourth-order valence-corrected chi connectivity index (χ4v) is 2.91. The molecule has 0 saturated heterocycles. The maximum atomic E-state index is 10.8. The number of nitrogens with one attached hydrogen (secondary N) is 1. The topological polar surface area (TPSA) is 172 Å². The number of nitrogen functional groups attached to an aromatic ring is 1. The molecule has 11 nitrogen and oxygen atoms in total. The first-order valence-corrected chi connectivity index (χ1v) is 10.2. The molecule has 0 aliphatic heterocycles. The number of nitro benzene ring substituents is 1. The van der Waals surface area contributed by atoms with Crippen molar-refractivity contribution in [1.82, 2.24) is 4.98 Å². The van der Waals surface area contributed by atoms with Crippen LogP contribution in [0.5, 0.6) is 0 Å². The highest BCUT2D eigenvalue weighted by Crippen LogP contribution is 2.35. The maximum absolute atomic E-state index is 10.8. The lowest BCUT2D eigenvalue weighted by Crippen LogP contribution is -2.10. The Balaban J connectivity index is 2.09. The van der Waals surface area contributed by atoms with Gasteiger partial charge in [0.25, 0.3) is 5.69 Å². The molecule has 12 heteroatoms. The molecule has 4 N–H and O–H groups in total. The van der Waals surface area contributed by atoms with Crippen LogP contribution in [0.1, 0.15) is 30.4 Å². The largest absolute Gasteiger partial charge is 0.396 e.